The van der Waals surface area contributed by atoms with E-state index in [1.54, 1.807) is 0 Å². The number of rotatable bonds is 5. The van der Waals surface area contributed by atoms with Crippen molar-refractivity contribution >= 4 is 12.4 Å². The molecule has 0 aromatic heterocycles. The highest BCUT2D eigenvalue weighted by Crippen LogP contribution is 2.18. The Bertz CT molecular complexity index is 288. The van der Waals surface area contributed by atoms with Gasteiger partial charge < -0.3 is 15.6 Å². The molecule has 92 valence electrons. The van der Waals surface area contributed by atoms with Crippen molar-refractivity contribution in [3.8, 4) is 5.75 Å². The maximum absolute atomic E-state index is 8.77. The summed E-state index contributed by atoms with van der Waals surface area (Å²) in [7, 11) is 0. The molecule has 0 radical (unpaired) electrons. The van der Waals surface area contributed by atoms with E-state index in [1.807, 2.05) is 38.1 Å². The Morgan fingerprint density at radius 3 is 2.25 bits per heavy atom. The molecule has 0 spiro atoms. The van der Waals surface area contributed by atoms with Crippen LogP contribution in [0.15, 0.2) is 24.3 Å². The summed E-state index contributed by atoms with van der Waals surface area (Å²) >= 11 is 0. The fraction of sp³-hybridized carbons (Fsp3) is 0.500. The number of hydrogen-bond acceptors (Lipinski definition) is 3. The van der Waals surface area contributed by atoms with Crippen molar-refractivity contribution in [3.63, 3.8) is 0 Å². The van der Waals surface area contributed by atoms with E-state index in [4.69, 9.17) is 15.6 Å². The van der Waals surface area contributed by atoms with E-state index in [2.05, 4.69) is 0 Å². The minimum Gasteiger partial charge on any atom is -0.491 e. The van der Waals surface area contributed by atoms with Gasteiger partial charge in [0.15, 0.2) is 0 Å². The molecule has 1 atom stereocenters. The van der Waals surface area contributed by atoms with Crippen LogP contribution in [0.4, 0.5) is 0 Å². The third-order valence-electron chi connectivity index (χ3n) is 2.12. The number of aliphatic hydroxyl groups excluding tert-OH is 1. The van der Waals surface area contributed by atoms with Crippen LogP contribution in [0, 0.1) is 0 Å². The molecule has 0 saturated heterocycles. The molecule has 0 aliphatic rings. The zero-order valence-electron chi connectivity index (χ0n) is 9.72. The summed E-state index contributed by atoms with van der Waals surface area (Å²) in [4.78, 5) is 0. The molecule has 1 rings (SSSR count). The van der Waals surface area contributed by atoms with E-state index in [1.165, 1.54) is 0 Å². The summed E-state index contributed by atoms with van der Waals surface area (Å²) in [6.45, 7) is 4.10. The van der Waals surface area contributed by atoms with E-state index >= 15 is 0 Å². The normalized spacial score (nSPS) is 12.1. The molecule has 1 aromatic rings. The molecule has 3 N–H and O–H groups in total. The predicted molar refractivity (Wildman–Crippen MR) is 68.1 cm³/mol. The van der Waals surface area contributed by atoms with Gasteiger partial charge in [-0.15, -0.1) is 12.4 Å². The van der Waals surface area contributed by atoms with Crippen molar-refractivity contribution in [1.29, 1.82) is 0 Å². The molecule has 0 amide bonds. The van der Waals surface area contributed by atoms with Crippen molar-refractivity contribution < 1.29 is 9.84 Å². The number of ether oxygens (including phenoxy) is 1. The second-order valence-electron chi connectivity index (χ2n) is 3.85. The fourth-order valence-corrected chi connectivity index (χ4v) is 1.37. The average Bonchev–Trinajstić information content (AvgIpc) is 2.18. The largest absolute Gasteiger partial charge is 0.491 e. The molecule has 0 aliphatic carbocycles. The van der Waals surface area contributed by atoms with Crippen LogP contribution < -0.4 is 10.5 Å². The Hall–Kier alpha value is -0.770. The van der Waals surface area contributed by atoms with Crippen LogP contribution in [0.1, 0.15) is 31.9 Å². The van der Waals surface area contributed by atoms with E-state index in [0.717, 1.165) is 11.3 Å². The summed E-state index contributed by atoms with van der Waals surface area (Å²) in [6, 6.07) is 7.61. The molecular weight excluding hydrogens is 226 g/mol. The summed E-state index contributed by atoms with van der Waals surface area (Å²) in [5.74, 6) is 0.852. The van der Waals surface area contributed by atoms with Gasteiger partial charge in [0.25, 0.3) is 0 Å². The SMILES string of the molecule is CC(C)Oc1ccc(C(N)CCO)cc1.Cl. The third kappa shape index (κ3) is 4.84. The molecule has 1 aromatic carbocycles. The van der Waals surface area contributed by atoms with Gasteiger partial charge in [-0.2, -0.15) is 0 Å². The van der Waals surface area contributed by atoms with Gasteiger partial charge in [0.05, 0.1) is 6.10 Å². The number of hydrogen-bond donors (Lipinski definition) is 2. The molecule has 16 heavy (non-hydrogen) atoms. The fourth-order valence-electron chi connectivity index (χ4n) is 1.37. The topological polar surface area (TPSA) is 55.5 Å². The van der Waals surface area contributed by atoms with Crippen LogP contribution in [0.5, 0.6) is 5.75 Å². The monoisotopic (exact) mass is 245 g/mol. The van der Waals surface area contributed by atoms with E-state index < -0.39 is 0 Å². The minimum absolute atomic E-state index is 0. The Morgan fingerprint density at radius 2 is 1.81 bits per heavy atom. The minimum atomic E-state index is -0.0944. The van der Waals surface area contributed by atoms with Crippen LogP contribution in [0.3, 0.4) is 0 Å². The second-order valence-corrected chi connectivity index (χ2v) is 3.85. The Balaban J connectivity index is 0.00000225. The molecule has 0 bridgehead atoms. The second kappa shape index (κ2) is 7.49. The summed E-state index contributed by atoms with van der Waals surface area (Å²) in [5.41, 5.74) is 6.88. The first-order chi connectivity index (χ1) is 7.13. The smallest absolute Gasteiger partial charge is 0.119 e. The molecule has 0 aliphatic heterocycles. The van der Waals surface area contributed by atoms with Gasteiger partial charge in [0, 0.05) is 12.6 Å². The zero-order chi connectivity index (χ0) is 11.3. The first-order valence-corrected chi connectivity index (χ1v) is 5.26. The number of aliphatic hydroxyl groups is 1. The molecule has 0 heterocycles. The lowest BCUT2D eigenvalue weighted by molar-refractivity contribution is 0.242. The highest BCUT2D eigenvalue weighted by atomic mass is 35.5. The molecule has 0 fully saturated rings. The van der Waals surface area contributed by atoms with Gasteiger partial charge in [-0.25, -0.2) is 0 Å². The molecule has 0 saturated carbocycles. The van der Waals surface area contributed by atoms with Crippen molar-refractivity contribution in [1.82, 2.24) is 0 Å². The number of halogens is 1. The predicted octanol–water partition coefficient (Wildman–Crippen LogP) is 2.28. The molecule has 1 unspecified atom stereocenters. The number of nitrogens with two attached hydrogens (primary N) is 1. The standard InChI is InChI=1S/C12H19NO2.ClH/c1-9(2)15-11-5-3-10(4-6-11)12(13)7-8-14;/h3-6,9,12,14H,7-8,13H2,1-2H3;1H. The first kappa shape index (κ1) is 15.2. The van der Waals surface area contributed by atoms with E-state index in [0.29, 0.717) is 6.42 Å². The average molecular weight is 246 g/mol. The van der Waals surface area contributed by atoms with Gasteiger partial charge in [-0.05, 0) is 38.0 Å². The Labute approximate surface area is 103 Å². The summed E-state index contributed by atoms with van der Waals surface area (Å²) in [5, 5.41) is 8.77. The molecular formula is C12H20ClNO2. The van der Waals surface area contributed by atoms with Crippen LogP contribution in [0.2, 0.25) is 0 Å². The molecule has 3 nitrogen and oxygen atoms in total. The Kier molecular flexibility index (Phi) is 7.13. The van der Waals surface area contributed by atoms with Gasteiger partial charge in [0.2, 0.25) is 0 Å². The number of benzene rings is 1. The summed E-state index contributed by atoms with van der Waals surface area (Å²) < 4.78 is 5.52. The van der Waals surface area contributed by atoms with Crippen LogP contribution in [-0.2, 0) is 0 Å². The summed E-state index contributed by atoms with van der Waals surface area (Å²) in [6.07, 6.45) is 0.770. The van der Waals surface area contributed by atoms with Crippen LogP contribution in [0.25, 0.3) is 0 Å². The lowest BCUT2D eigenvalue weighted by Gasteiger charge is -2.13. The first-order valence-electron chi connectivity index (χ1n) is 5.26. The molecule has 4 heteroatoms. The highest BCUT2D eigenvalue weighted by Gasteiger charge is 2.05. The third-order valence-corrected chi connectivity index (χ3v) is 2.12. The van der Waals surface area contributed by atoms with Crippen molar-refractivity contribution in [2.24, 2.45) is 5.73 Å². The van der Waals surface area contributed by atoms with Gasteiger partial charge >= 0.3 is 0 Å². The quantitative estimate of drug-likeness (QED) is 0.837. The van der Waals surface area contributed by atoms with Crippen LogP contribution >= 0.6 is 12.4 Å². The van der Waals surface area contributed by atoms with Crippen molar-refractivity contribution in [2.75, 3.05) is 6.61 Å². The lowest BCUT2D eigenvalue weighted by Crippen LogP contribution is -2.12. The maximum atomic E-state index is 8.77. The van der Waals surface area contributed by atoms with Gasteiger partial charge in [0.1, 0.15) is 5.75 Å². The zero-order valence-corrected chi connectivity index (χ0v) is 10.5. The van der Waals surface area contributed by atoms with Gasteiger partial charge in [-0.3, -0.25) is 0 Å². The van der Waals surface area contributed by atoms with Gasteiger partial charge in [-0.1, -0.05) is 12.1 Å². The van der Waals surface area contributed by atoms with E-state index in [9.17, 15) is 0 Å². The van der Waals surface area contributed by atoms with Crippen LogP contribution in [-0.4, -0.2) is 17.8 Å². The lowest BCUT2D eigenvalue weighted by atomic mass is 10.1. The highest BCUT2D eigenvalue weighted by molar-refractivity contribution is 5.85. The van der Waals surface area contributed by atoms with E-state index in [-0.39, 0.29) is 31.2 Å². The van der Waals surface area contributed by atoms with Crippen molar-refractivity contribution in [3.05, 3.63) is 29.8 Å². The Morgan fingerprint density at radius 1 is 1.25 bits per heavy atom. The maximum Gasteiger partial charge on any atom is 0.119 e. The van der Waals surface area contributed by atoms with Crippen molar-refractivity contribution in [2.45, 2.75) is 32.4 Å².